The van der Waals surface area contributed by atoms with Gasteiger partial charge in [0.25, 0.3) is 0 Å². The molecule has 4 rings (SSSR count). The zero-order chi connectivity index (χ0) is 16.6. The summed E-state index contributed by atoms with van der Waals surface area (Å²) in [7, 11) is 0. The van der Waals surface area contributed by atoms with Crippen LogP contribution in [-0.4, -0.2) is 66.8 Å². The largest absolute Gasteiger partial charge is 0.347 e. The fourth-order valence-corrected chi connectivity index (χ4v) is 4.35. The van der Waals surface area contributed by atoms with Crippen molar-refractivity contribution in [2.24, 2.45) is 11.8 Å². The van der Waals surface area contributed by atoms with Crippen molar-refractivity contribution in [2.45, 2.75) is 50.7 Å². The van der Waals surface area contributed by atoms with Crippen LogP contribution in [0, 0.1) is 11.8 Å². The van der Waals surface area contributed by atoms with E-state index in [0.717, 1.165) is 45.2 Å². The first-order valence-corrected chi connectivity index (χ1v) is 9.54. The molecule has 3 aliphatic heterocycles. The van der Waals surface area contributed by atoms with Gasteiger partial charge in [-0.15, -0.1) is 0 Å². The highest BCUT2D eigenvalue weighted by Gasteiger charge is 2.52. The predicted octanol–water partition coefficient (Wildman–Crippen LogP) is 1.39. The topological polar surface area (TPSA) is 59.1 Å². The number of ether oxygens (including phenoxy) is 2. The van der Waals surface area contributed by atoms with Crippen LogP contribution in [0.5, 0.6) is 0 Å². The van der Waals surface area contributed by atoms with Crippen LogP contribution in [0.25, 0.3) is 0 Å². The van der Waals surface area contributed by atoms with E-state index in [1.165, 1.54) is 12.8 Å². The minimum atomic E-state index is -0.443. The van der Waals surface area contributed by atoms with Gasteiger partial charge in [0.05, 0.1) is 25.0 Å². The zero-order valence-corrected chi connectivity index (χ0v) is 14.4. The summed E-state index contributed by atoms with van der Waals surface area (Å²) >= 11 is 0. The summed E-state index contributed by atoms with van der Waals surface area (Å²) in [6.45, 7) is 4.42. The summed E-state index contributed by atoms with van der Waals surface area (Å²) in [6, 6.07) is 0. The van der Waals surface area contributed by atoms with E-state index in [9.17, 15) is 9.59 Å². The molecule has 3 heterocycles. The lowest BCUT2D eigenvalue weighted by molar-refractivity contribution is -0.187. The summed E-state index contributed by atoms with van der Waals surface area (Å²) < 4.78 is 11.4. The molecule has 6 heteroatoms. The van der Waals surface area contributed by atoms with Crippen molar-refractivity contribution < 1.29 is 19.1 Å². The Hall–Kier alpha value is -1.14. The number of nitrogens with zero attached hydrogens (tertiary/aromatic N) is 2. The van der Waals surface area contributed by atoms with Crippen LogP contribution in [0.15, 0.2) is 0 Å². The monoisotopic (exact) mass is 336 g/mol. The fraction of sp³-hybridized carbons (Fsp3) is 0.889. The predicted molar refractivity (Wildman–Crippen MR) is 87.1 cm³/mol. The Morgan fingerprint density at radius 1 is 0.750 bits per heavy atom. The highest BCUT2D eigenvalue weighted by Crippen LogP contribution is 2.43. The van der Waals surface area contributed by atoms with E-state index in [2.05, 4.69) is 0 Å². The van der Waals surface area contributed by atoms with Crippen LogP contribution >= 0.6 is 0 Å². The summed E-state index contributed by atoms with van der Waals surface area (Å²) in [4.78, 5) is 29.2. The molecular weight excluding hydrogens is 308 g/mol. The maximum absolute atomic E-state index is 12.7. The molecular formula is C18H28N2O4. The van der Waals surface area contributed by atoms with E-state index in [4.69, 9.17) is 9.47 Å². The second-order valence-electron chi connectivity index (χ2n) is 7.62. The van der Waals surface area contributed by atoms with Crippen LogP contribution in [0.2, 0.25) is 0 Å². The van der Waals surface area contributed by atoms with Gasteiger partial charge in [-0.1, -0.05) is 12.8 Å². The van der Waals surface area contributed by atoms with Gasteiger partial charge in [0.2, 0.25) is 11.8 Å². The number of rotatable bonds is 2. The second kappa shape index (κ2) is 6.64. The van der Waals surface area contributed by atoms with Crippen molar-refractivity contribution in [1.29, 1.82) is 0 Å². The lowest BCUT2D eigenvalue weighted by Gasteiger charge is -2.37. The number of hydrogen-bond donors (Lipinski definition) is 0. The molecule has 1 saturated carbocycles. The number of amides is 2. The third-order valence-electron chi connectivity index (χ3n) is 5.99. The molecule has 0 radical (unpaired) electrons. The molecule has 0 N–H and O–H groups in total. The standard InChI is InChI=1S/C18H28N2O4/c21-16(19-7-3-1-2-4-8-19)14-13-15(14)17(22)20-9-5-18(6-10-20)23-11-12-24-18/h14-15H,1-13H2. The minimum absolute atomic E-state index is 0.0644. The first kappa shape index (κ1) is 16.3. The third kappa shape index (κ3) is 3.18. The van der Waals surface area contributed by atoms with Gasteiger partial charge in [-0.05, 0) is 19.3 Å². The molecule has 24 heavy (non-hydrogen) atoms. The van der Waals surface area contributed by atoms with Gasteiger partial charge in [0.1, 0.15) is 0 Å². The molecule has 0 aromatic carbocycles. The van der Waals surface area contributed by atoms with E-state index in [1.807, 2.05) is 9.80 Å². The summed E-state index contributed by atoms with van der Waals surface area (Å²) in [5.41, 5.74) is 0. The number of carbonyl (C=O) groups is 2. The molecule has 0 aromatic heterocycles. The van der Waals surface area contributed by atoms with Crippen LogP contribution in [0.1, 0.15) is 44.9 Å². The first-order valence-electron chi connectivity index (χ1n) is 9.54. The number of likely N-dealkylation sites (tertiary alicyclic amines) is 2. The molecule has 0 aromatic rings. The fourth-order valence-electron chi connectivity index (χ4n) is 4.35. The van der Waals surface area contributed by atoms with Gasteiger partial charge >= 0.3 is 0 Å². The van der Waals surface area contributed by atoms with E-state index in [1.54, 1.807) is 0 Å². The first-order chi connectivity index (χ1) is 11.7. The molecule has 134 valence electrons. The van der Waals surface area contributed by atoms with Gasteiger partial charge in [0.15, 0.2) is 5.79 Å². The molecule has 3 saturated heterocycles. The number of hydrogen-bond acceptors (Lipinski definition) is 4. The number of carbonyl (C=O) groups excluding carboxylic acids is 2. The minimum Gasteiger partial charge on any atom is -0.347 e. The van der Waals surface area contributed by atoms with Crippen LogP contribution in [-0.2, 0) is 19.1 Å². The normalized spacial score (nSPS) is 32.7. The molecule has 4 aliphatic rings. The SMILES string of the molecule is O=C(C1CC1C(=O)N1CCC2(CC1)OCCO2)N1CCCCCC1. The molecule has 1 spiro atoms. The average Bonchev–Trinajstić information content (AvgIpc) is 3.35. The maximum Gasteiger partial charge on any atom is 0.226 e. The molecule has 1 aliphatic carbocycles. The van der Waals surface area contributed by atoms with Crippen molar-refractivity contribution in [3.63, 3.8) is 0 Å². The van der Waals surface area contributed by atoms with Crippen LogP contribution < -0.4 is 0 Å². The van der Waals surface area contributed by atoms with Crippen molar-refractivity contribution in [3.8, 4) is 0 Å². The van der Waals surface area contributed by atoms with E-state index in [0.29, 0.717) is 26.3 Å². The summed E-state index contributed by atoms with van der Waals surface area (Å²) in [5, 5.41) is 0. The quantitative estimate of drug-likeness (QED) is 0.765. The van der Waals surface area contributed by atoms with Crippen LogP contribution in [0.3, 0.4) is 0 Å². The van der Waals surface area contributed by atoms with E-state index < -0.39 is 5.79 Å². The molecule has 2 amide bonds. The van der Waals surface area contributed by atoms with E-state index >= 15 is 0 Å². The maximum atomic E-state index is 12.7. The molecule has 2 atom stereocenters. The highest BCUT2D eigenvalue weighted by molar-refractivity contribution is 5.92. The Kier molecular flexibility index (Phi) is 4.52. The Balaban J connectivity index is 1.28. The summed E-state index contributed by atoms with van der Waals surface area (Å²) in [5.74, 6) is -0.213. The third-order valence-corrected chi connectivity index (χ3v) is 5.99. The van der Waals surface area contributed by atoms with Crippen molar-refractivity contribution >= 4 is 11.8 Å². The number of piperidine rings is 1. The Bertz CT molecular complexity index is 485. The average molecular weight is 336 g/mol. The Morgan fingerprint density at radius 2 is 1.25 bits per heavy atom. The smallest absolute Gasteiger partial charge is 0.226 e. The Morgan fingerprint density at radius 3 is 1.79 bits per heavy atom. The van der Waals surface area contributed by atoms with Crippen molar-refractivity contribution in [2.75, 3.05) is 39.4 Å². The van der Waals surface area contributed by atoms with Gasteiger partial charge < -0.3 is 19.3 Å². The van der Waals surface area contributed by atoms with Gasteiger partial charge in [-0.25, -0.2) is 0 Å². The molecule has 4 fully saturated rings. The molecule has 6 nitrogen and oxygen atoms in total. The Labute approximate surface area is 143 Å². The van der Waals surface area contributed by atoms with Crippen LogP contribution in [0.4, 0.5) is 0 Å². The second-order valence-corrected chi connectivity index (χ2v) is 7.62. The van der Waals surface area contributed by atoms with Crippen molar-refractivity contribution in [3.05, 3.63) is 0 Å². The van der Waals surface area contributed by atoms with E-state index in [-0.39, 0.29) is 23.7 Å². The highest BCUT2D eigenvalue weighted by atomic mass is 16.7. The summed E-state index contributed by atoms with van der Waals surface area (Å²) in [6.07, 6.45) is 6.87. The lowest BCUT2D eigenvalue weighted by atomic mass is 10.0. The van der Waals surface area contributed by atoms with Gasteiger partial charge in [-0.2, -0.15) is 0 Å². The van der Waals surface area contributed by atoms with Crippen molar-refractivity contribution in [1.82, 2.24) is 9.80 Å². The lowest BCUT2D eigenvalue weighted by Crippen LogP contribution is -2.48. The van der Waals surface area contributed by atoms with Gasteiger partial charge in [0, 0.05) is 39.0 Å². The zero-order valence-electron chi connectivity index (χ0n) is 14.4. The van der Waals surface area contributed by atoms with Gasteiger partial charge in [-0.3, -0.25) is 9.59 Å². The molecule has 2 unspecified atom stereocenters. The molecule has 0 bridgehead atoms.